The van der Waals surface area contributed by atoms with Crippen LogP contribution in [0.5, 0.6) is 0 Å². The number of fused-ring (bicyclic) bond motifs is 1. The Labute approximate surface area is 220 Å². The lowest BCUT2D eigenvalue weighted by molar-refractivity contribution is 0.0199. The number of likely N-dealkylation sites (tertiary alicyclic amines) is 1. The van der Waals surface area contributed by atoms with Gasteiger partial charge in [-0.3, -0.25) is 4.79 Å². The standard InChI is InChI=1S/C28H33F2N5O3/c1-28(2,3)38-27(37)33-12-8-19(9-13-33)32-26(36)22-17-31-35-14-10-20(16-25(22)35)34-11-4-5-24(34)21-15-18(29)6-7-23(21)30/h6-7,10,14-17,19,24H,4-5,8-9,11-13H2,1-3H3,(H,32,36)/t24-/m1/s1. The van der Waals surface area contributed by atoms with Crippen LogP contribution in [0.3, 0.4) is 0 Å². The minimum Gasteiger partial charge on any atom is -0.444 e. The average Bonchev–Trinajstić information content (AvgIpc) is 3.52. The smallest absolute Gasteiger partial charge is 0.410 e. The number of amides is 2. The first-order chi connectivity index (χ1) is 18.1. The molecule has 2 fully saturated rings. The summed E-state index contributed by atoms with van der Waals surface area (Å²) in [7, 11) is 0. The Hall–Kier alpha value is -3.69. The van der Waals surface area contributed by atoms with Gasteiger partial charge in [-0.25, -0.2) is 18.1 Å². The van der Waals surface area contributed by atoms with Gasteiger partial charge in [0.15, 0.2) is 0 Å². The number of carbonyl (C=O) groups excluding carboxylic acids is 2. The summed E-state index contributed by atoms with van der Waals surface area (Å²) in [6, 6.07) is 6.96. The Kier molecular flexibility index (Phi) is 6.98. The zero-order valence-electron chi connectivity index (χ0n) is 21.9. The number of nitrogens with one attached hydrogen (secondary N) is 1. The normalized spacial score (nSPS) is 18.7. The Morgan fingerprint density at radius 1 is 1.05 bits per heavy atom. The largest absolute Gasteiger partial charge is 0.444 e. The quantitative estimate of drug-likeness (QED) is 0.514. The number of benzene rings is 1. The van der Waals surface area contributed by atoms with Crippen LogP contribution in [0.4, 0.5) is 19.3 Å². The van der Waals surface area contributed by atoms with Gasteiger partial charge in [-0.1, -0.05) is 0 Å². The van der Waals surface area contributed by atoms with E-state index in [1.807, 2.05) is 32.9 Å². The molecule has 2 aliphatic rings. The topological polar surface area (TPSA) is 79.2 Å². The van der Waals surface area contributed by atoms with Gasteiger partial charge < -0.3 is 19.9 Å². The van der Waals surface area contributed by atoms with E-state index in [4.69, 9.17) is 4.74 Å². The van der Waals surface area contributed by atoms with Crippen molar-refractivity contribution in [1.29, 1.82) is 0 Å². The third-order valence-electron chi connectivity index (χ3n) is 7.13. The molecule has 3 aromatic rings. The molecule has 202 valence electrons. The van der Waals surface area contributed by atoms with E-state index in [9.17, 15) is 18.4 Å². The van der Waals surface area contributed by atoms with Gasteiger partial charge in [-0.05, 0) is 76.8 Å². The highest BCUT2D eigenvalue weighted by Crippen LogP contribution is 2.38. The van der Waals surface area contributed by atoms with E-state index in [2.05, 4.69) is 15.3 Å². The number of aromatic nitrogens is 2. The van der Waals surface area contributed by atoms with Crippen molar-refractivity contribution in [3.05, 3.63) is 65.5 Å². The second kappa shape index (κ2) is 10.2. The molecule has 1 aromatic carbocycles. The van der Waals surface area contributed by atoms with E-state index in [1.165, 1.54) is 18.3 Å². The second-order valence-corrected chi connectivity index (χ2v) is 11.0. The molecule has 38 heavy (non-hydrogen) atoms. The molecule has 2 amide bonds. The van der Waals surface area contributed by atoms with Crippen molar-refractivity contribution in [3.8, 4) is 0 Å². The van der Waals surface area contributed by atoms with Crippen molar-refractivity contribution in [2.45, 2.75) is 64.1 Å². The molecule has 0 spiro atoms. The third kappa shape index (κ3) is 5.44. The lowest BCUT2D eigenvalue weighted by Gasteiger charge is -2.33. The minimum atomic E-state index is -0.551. The molecule has 10 heteroatoms. The van der Waals surface area contributed by atoms with Crippen LogP contribution >= 0.6 is 0 Å². The van der Waals surface area contributed by atoms with E-state index >= 15 is 0 Å². The van der Waals surface area contributed by atoms with E-state index in [1.54, 1.807) is 15.6 Å². The SMILES string of the molecule is CC(C)(C)OC(=O)N1CCC(NC(=O)c2cnn3ccc(N4CCC[C@@H]4c4cc(F)ccc4F)cc23)CC1. The predicted octanol–water partition coefficient (Wildman–Crippen LogP) is 5.08. The molecule has 2 saturated heterocycles. The number of ether oxygens (including phenoxy) is 1. The summed E-state index contributed by atoms with van der Waals surface area (Å²) >= 11 is 0. The number of hydrogen-bond donors (Lipinski definition) is 1. The van der Waals surface area contributed by atoms with Gasteiger partial charge in [-0.2, -0.15) is 5.10 Å². The number of carbonyl (C=O) groups is 2. The lowest BCUT2D eigenvalue weighted by atomic mass is 10.0. The van der Waals surface area contributed by atoms with Gasteiger partial charge in [0, 0.05) is 43.1 Å². The van der Waals surface area contributed by atoms with Gasteiger partial charge >= 0.3 is 6.09 Å². The maximum atomic E-state index is 14.6. The first kappa shape index (κ1) is 25.9. The maximum absolute atomic E-state index is 14.6. The van der Waals surface area contributed by atoms with Crippen LogP contribution in [-0.2, 0) is 4.74 Å². The van der Waals surface area contributed by atoms with Gasteiger partial charge in [-0.15, -0.1) is 0 Å². The van der Waals surface area contributed by atoms with Crippen molar-refractivity contribution in [1.82, 2.24) is 19.8 Å². The molecule has 5 rings (SSSR count). The molecule has 0 radical (unpaired) electrons. The summed E-state index contributed by atoms with van der Waals surface area (Å²) in [5, 5.41) is 7.41. The second-order valence-electron chi connectivity index (χ2n) is 11.0. The third-order valence-corrected chi connectivity index (χ3v) is 7.13. The van der Waals surface area contributed by atoms with Crippen LogP contribution in [0.2, 0.25) is 0 Å². The molecular formula is C28H33F2N5O3. The van der Waals surface area contributed by atoms with Crippen LogP contribution in [-0.4, -0.2) is 57.8 Å². The first-order valence-corrected chi connectivity index (χ1v) is 13.1. The van der Waals surface area contributed by atoms with E-state index < -0.39 is 17.2 Å². The molecule has 8 nitrogen and oxygen atoms in total. The zero-order chi connectivity index (χ0) is 27.0. The van der Waals surface area contributed by atoms with Gasteiger partial charge in [0.1, 0.15) is 17.2 Å². The highest BCUT2D eigenvalue weighted by atomic mass is 19.1. The Morgan fingerprint density at radius 2 is 1.82 bits per heavy atom. The van der Waals surface area contributed by atoms with Crippen LogP contribution in [0, 0.1) is 11.6 Å². The molecule has 0 bridgehead atoms. The first-order valence-electron chi connectivity index (χ1n) is 13.1. The fourth-order valence-corrected chi connectivity index (χ4v) is 5.29. The number of pyridine rings is 1. The monoisotopic (exact) mass is 525 g/mol. The van der Waals surface area contributed by atoms with Gasteiger partial charge in [0.2, 0.25) is 0 Å². The highest BCUT2D eigenvalue weighted by molar-refractivity contribution is 6.01. The summed E-state index contributed by atoms with van der Waals surface area (Å²) in [6.45, 7) is 7.22. The van der Waals surface area contributed by atoms with Crippen molar-refractivity contribution in [2.75, 3.05) is 24.5 Å². The summed E-state index contributed by atoms with van der Waals surface area (Å²) in [5.74, 6) is -1.12. The minimum absolute atomic E-state index is 0.0711. The van der Waals surface area contributed by atoms with Gasteiger partial charge in [0.25, 0.3) is 5.91 Å². The number of anilines is 1. The Bertz CT molecular complexity index is 1340. The number of nitrogens with zero attached hydrogens (tertiary/aromatic N) is 4. The van der Waals surface area contributed by atoms with E-state index in [0.717, 1.165) is 18.2 Å². The highest BCUT2D eigenvalue weighted by Gasteiger charge is 2.30. The Balaban J connectivity index is 1.29. The average molecular weight is 526 g/mol. The van der Waals surface area contributed by atoms with Gasteiger partial charge in [0.05, 0.1) is 23.3 Å². The van der Waals surface area contributed by atoms with Crippen molar-refractivity contribution in [2.24, 2.45) is 0 Å². The summed E-state index contributed by atoms with van der Waals surface area (Å²) in [5.41, 5.74) is 1.69. The molecular weight excluding hydrogens is 492 g/mol. The molecule has 4 heterocycles. The van der Waals surface area contributed by atoms with E-state index in [-0.39, 0.29) is 24.1 Å². The number of rotatable bonds is 4. The molecule has 1 N–H and O–H groups in total. The van der Waals surface area contributed by atoms with Crippen molar-refractivity contribution < 1.29 is 23.1 Å². The van der Waals surface area contributed by atoms with Crippen molar-refractivity contribution in [3.63, 3.8) is 0 Å². The lowest BCUT2D eigenvalue weighted by Crippen LogP contribution is -2.47. The van der Waals surface area contributed by atoms with Crippen LogP contribution in [0.25, 0.3) is 5.52 Å². The predicted molar refractivity (Wildman–Crippen MR) is 139 cm³/mol. The molecule has 1 atom stereocenters. The van der Waals surface area contributed by atoms with Crippen LogP contribution in [0.15, 0.2) is 42.7 Å². The van der Waals surface area contributed by atoms with Crippen LogP contribution < -0.4 is 10.2 Å². The summed E-state index contributed by atoms with van der Waals surface area (Å²) < 4.78 is 35.5. The molecule has 0 saturated carbocycles. The number of halogens is 2. The fourth-order valence-electron chi connectivity index (χ4n) is 5.29. The summed E-state index contributed by atoms with van der Waals surface area (Å²) in [4.78, 5) is 29.3. The Morgan fingerprint density at radius 3 is 2.55 bits per heavy atom. The maximum Gasteiger partial charge on any atom is 0.410 e. The fraction of sp³-hybridized carbons (Fsp3) is 0.464. The van der Waals surface area contributed by atoms with Crippen LogP contribution in [0.1, 0.15) is 68.4 Å². The molecule has 2 aromatic heterocycles. The number of hydrogen-bond acceptors (Lipinski definition) is 5. The molecule has 0 aliphatic carbocycles. The zero-order valence-corrected chi connectivity index (χ0v) is 21.9. The summed E-state index contributed by atoms with van der Waals surface area (Å²) in [6.07, 6.45) is 5.79. The van der Waals surface area contributed by atoms with E-state index in [0.29, 0.717) is 55.5 Å². The molecule has 0 unspecified atom stereocenters. The molecule has 2 aliphatic heterocycles. The van der Waals surface area contributed by atoms with Crippen molar-refractivity contribution >= 4 is 23.2 Å². The number of piperidine rings is 1.